The number of hydrogen-bond donors (Lipinski definition) is 0. The molecule has 1 aromatic rings. The normalized spacial score (nSPS) is 11.8. The largest absolute Gasteiger partial charge is 0.299 e. The van der Waals surface area contributed by atoms with Crippen molar-refractivity contribution in [3.8, 4) is 0 Å². The number of ketones is 2. The molecule has 102 valence electrons. The first-order valence-electron chi connectivity index (χ1n) is 6.29. The number of Topliss-reactive ketones (excluding diaryl/α,β-unsaturated/α-hetero) is 1. The Morgan fingerprint density at radius 3 is 2.37 bits per heavy atom. The third kappa shape index (κ3) is 5.16. The van der Waals surface area contributed by atoms with E-state index < -0.39 is 5.41 Å². The van der Waals surface area contributed by atoms with Crippen LogP contribution >= 0.6 is 0 Å². The van der Waals surface area contributed by atoms with Gasteiger partial charge in [-0.05, 0) is 18.2 Å². The molecule has 3 heteroatoms. The van der Waals surface area contributed by atoms with Crippen LogP contribution < -0.4 is 0 Å². The van der Waals surface area contributed by atoms with E-state index in [1.807, 2.05) is 20.8 Å². The van der Waals surface area contributed by atoms with Gasteiger partial charge in [0.25, 0.3) is 0 Å². The van der Waals surface area contributed by atoms with Gasteiger partial charge in [-0.25, -0.2) is 4.39 Å². The van der Waals surface area contributed by atoms with E-state index in [-0.39, 0.29) is 30.2 Å². The highest BCUT2D eigenvalue weighted by atomic mass is 19.1. The lowest BCUT2D eigenvalue weighted by atomic mass is 9.88. The minimum absolute atomic E-state index is 0.0557. The summed E-state index contributed by atoms with van der Waals surface area (Å²) in [5, 5.41) is 0. The zero-order chi connectivity index (χ0) is 14.5. The van der Waals surface area contributed by atoms with E-state index in [0.29, 0.717) is 5.56 Å². The molecule has 0 amide bonds. The Kier molecular flexibility index (Phi) is 5.16. The van der Waals surface area contributed by atoms with Crippen molar-refractivity contribution in [3.63, 3.8) is 0 Å². The second-order valence-electron chi connectivity index (χ2n) is 5.49. The molecule has 0 saturated carbocycles. The maximum Gasteiger partial charge on any atom is 0.156 e. The summed E-state index contributed by atoms with van der Waals surface area (Å²) in [6.07, 6.45) is 3.17. The Hall–Kier alpha value is -1.77. The van der Waals surface area contributed by atoms with Crippen LogP contribution in [-0.2, 0) is 9.59 Å². The maximum atomic E-state index is 13.3. The molecule has 0 fully saturated rings. The van der Waals surface area contributed by atoms with Crippen LogP contribution in [0.4, 0.5) is 4.39 Å². The average Bonchev–Trinajstić information content (AvgIpc) is 2.33. The van der Waals surface area contributed by atoms with Crippen molar-refractivity contribution in [1.82, 2.24) is 0 Å². The van der Waals surface area contributed by atoms with E-state index in [1.165, 1.54) is 18.2 Å². The lowest BCUT2D eigenvalue weighted by Crippen LogP contribution is -2.20. The summed E-state index contributed by atoms with van der Waals surface area (Å²) in [5.41, 5.74) is -0.0480. The monoisotopic (exact) mass is 262 g/mol. The Labute approximate surface area is 113 Å². The Morgan fingerprint density at radius 2 is 1.79 bits per heavy atom. The second-order valence-corrected chi connectivity index (χ2v) is 5.49. The molecule has 0 N–H and O–H groups in total. The number of carbonyl (C=O) groups excluding carboxylic acids is 2. The standard InChI is InChI=1S/C16H19FO2/c1-16(2,3)15(19)11-10-13(18)9-8-12-6-4-5-7-14(12)17/h4-9H,10-11H2,1-3H3/b9-8+. The number of allylic oxidation sites excluding steroid dienone is 1. The van der Waals surface area contributed by atoms with Gasteiger partial charge >= 0.3 is 0 Å². The fourth-order valence-corrected chi connectivity index (χ4v) is 1.49. The maximum absolute atomic E-state index is 13.3. The highest BCUT2D eigenvalue weighted by Gasteiger charge is 2.20. The SMILES string of the molecule is CC(C)(C)C(=O)CCC(=O)/C=C/c1ccccc1F. The van der Waals surface area contributed by atoms with Gasteiger partial charge in [-0.2, -0.15) is 0 Å². The van der Waals surface area contributed by atoms with Crippen LogP contribution in [0.5, 0.6) is 0 Å². The molecule has 1 aromatic carbocycles. The Bertz CT molecular complexity index is 496. The van der Waals surface area contributed by atoms with E-state index in [0.717, 1.165) is 0 Å². The number of benzene rings is 1. The Morgan fingerprint density at radius 1 is 1.16 bits per heavy atom. The fourth-order valence-electron chi connectivity index (χ4n) is 1.49. The number of hydrogen-bond acceptors (Lipinski definition) is 2. The highest BCUT2D eigenvalue weighted by Crippen LogP contribution is 2.18. The van der Waals surface area contributed by atoms with Crippen molar-refractivity contribution in [2.24, 2.45) is 5.41 Å². The molecule has 2 nitrogen and oxygen atoms in total. The van der Waals surface area contributed by atoms with Gasteiger partial charge in [0.15, 0.2) is 5.78 Å². The molecule has 0 aromatic heterocycles. The van der Waals surface area contributed by atoms with Crippen molar-refractivity contribution >= 4 is 17.6 Å². The van der Waals surface area contributed by atoms with E-state index in [2.05, 4.69) is 0 Å². The lowest BCUT2D eigenvalue weighted by Gasteiger charge is -2.15. The molecule has 0 spiro atoms. The minimum Gasteiger partial charge on any atom is -0.299 e. The van der Waals surface area contributed by atoms with Crippen LogP contribution in [-0.4, -0.2) is 11.6 Å². The van der Waals surface area contributed by atoms with Crippen LogP contribution in [0.2, 0.25) is 0 Å². The summed E-state index contributed by atoms with van der Waals surface area (Å²) < 4.78 is 13.3. The first-order valence-corrected chi connectivity index (χ1v) is 6.29. The second kappa shape index (κ2) is 6.41. The van der Waals surface area contributed by atoms with Gasteiger partial charge in [0.05, 0.1) is 0 Å². The smallest absolute Gasteiger partial charge is 0.156 e. The van der Waals surface area contributed by atoms with Gasteiger partial charge in [-0.1, -0.05) is 39.0 Å². The van der Waals surface area contributed by atoms with Gasteiger partial charge in [-0.15, -0.1) is 0 Å². The van der Waals surface area contributed by atoms with Crippen molar-refractivity contribution in [1.29, 1.82) is 0 Å². The van der Waals surface area contributed by atoms with Crippen molar-refractivity contribution in [3.05, 3.63) is 41.7 Å². The minimum atomic E-state index is -0.421. The van der Waals surface area contributed by atoms with Gasteiger partial charge in [-0.3, -0.25) is 9.59 Å². The highest BCUT2D eigenvalue weighted by molar-refractivity contribution is 5.96. The quantitative estimate of drug-likeness (QED) is 0.756. The molecular formula is C16H19FO2. The number of carbonyl (C=O) groups is 2. The van der Waals surface area contributed by atoms with Crippen LogP contribution in [0.1, 0.15) is 39.2 Å². The molecule has 19 heavy (non-hydrogen) atoms. The zero-order valence-corrected chi connectivity index (χ0v) is 11.6. The molecule has 0 bridgehead atoms. The van der Waals surface area contributed by atoms with Crippen LogP contribution in [0.15, 0.2) is 30.3 Å². The third-order valence-electron chi connectivity index (χ3n) is 2.79. The topological polar surface area (TPSA) is 34.1 Å². The molecule has 0 aliphatic rings. The number of rotatable bonds is 5. The van der Waals surface area contributed by atoms with Crippen LogP contribution in [0.25, 0.3) is 6.08 Å². The molecule has 0 atom stereocenters. The predicted molar refractivity (Wildman–Crippen MR) is 74.1 cm³/mol. The summed E-state index contributed by atoms with van der Waals surface area (Å²) in [5.74, 6) is -0.474. The summed E-state index contributed by atoms with van der Waals surface area (Å²) in [6, 6.07) is 6.24. The first kappa shape index (κ1) is 15.3. The van der Waals surface area contributed by atoms with Gasteiger partial charge in [0.2, 0.25) is 0 Å². The summed E-state index contributed by atoms with van der Waals surface area (Å²) in [6.45, 7) is 5.49. The van der Waals surface area contributed by atoms with E-state index in [9.17, 15) is 14.0 Å². The molecular weight excluding hydrogens is 243 g/mol. The molecule has 0 unspecified atom stereocenters. The summed E-state index contributed by atoms with van der Waals surface area (Å²) in [7, 11) is 0. The van der Waals surface area contributed by atoms with Gasteiger partial charge in [0, 0.05) is 23.8 Å². The van der Waals surface area contributed by atoms with Crippen molar-refractivity contribution < 1.29 is 14.0 Å². The molecule has 0 saturated heterocycles. The summed E-state index contributed by atoms with van der Waals surface area (Å²) >= 11 is 0. The molecule has 0 aliphatic heterocycles. The average molecular weight is 262 g/mol. The van der Waals surface area contributed by atoms with Crippen molar-refractivity contribution in [2.75, 3.05) is 0 Å². The lowest BCUT2D eigenvalue weighted by molar-refractivity contribution is -0.128. The first-order chi connectivity index (χ1) is 8.80. The van der Waals surface area contributed by atoms with Gasteiger partial charge < -0.3 is 0 Å². The number of halogens is 1. The fraction of sp³-hybridized carbons (Fsp3) is 0.375. The van der Waals surface area contributed by atoms with Crippen molar-refractivity contribution in [2.45, 2.75) is 33.6 Å². The third-order valence-corrected chi connectivity index (χ3v) is 2.79. The zero-order valence-electron chi connectivity index (χ0n) is 11.6. The Balaban J connectivity index is 2.53. The predicted octanol–water partition coefficient (Wildman–Crippen LogP) is 3.80. The van der Waals surface area contributed by atoms with Crippen LogP contribution in [0, 0.1) is 11.2 Å². The molecule has 0 radical (unpaired) electrons. The van der Waals surface area contributed by atoms with Crippen LogP contribution in [0.3, 0.4) is 0 Å². The van der Waals surface area contributed by atoms with E-state index >= 15 is 0 Å². The molecule has 1 rings (SSSR count). The summed E-state index contributed by atoms with van der Waals surface area (Å²) in [4.78, 5) is 23.3. The van der Waals surface area contributed by atoms with Gasteiger partial charge in [0.1, 0.15) is 11.6 Å². The molecule has 0 heterocycles. The van der Waals surface area contributed by atoms with E-state index in [4.69, 9.17) is 0 Å². The molecule has 0 aliphatic carbocycles. The van der Waals surface area contributed by atoms with E-state index in [1.54, 1.807) is 18.2 Å².